The van der Waals surface area contributed by atoms with E-state index in [1.807, 2.05) is 24.3 Å². The number of ether oxygens (including phenoxy) is 3. The molecule has 4 rings (SSSR count). The van der Waals surface area contributed by atoms with Crippen LogP contribution < -0.4 is 9.47 Å². The molecule has 2 aliphatic rings. The van der Waals surface area contributed by atoms with E-state index in [0.717, 1.165) is 5.56 Å². The van der Waals surface area contributed by atoms with Crippen LogP contribution in [0.1, 0.15) is 49.7 Å². The number of phenols is 1. The average Bonchev–Trinajstić information content (AvgIpc) is 2.82. The molecule has 2 aromatic rings. The second kappa shape index (κ2) is 9.71. The SMILES string of the molecule is CCOC(=O)C1C(C)=NC2=C(C(=O)C[C@@H](c3ccc(OC)c(OC)c3)C2)[C@H]1c1cccc(O)c1. The zero-order chi connectivity index (χ0) is 24.4. The molecule has 3 atom stereocenters. The monoisotopic (exact) mass is 463 g/mol. The van der Waals surface area contributed by atoms with E-state index in [0.29, 0.717) is 40.5 Å². The molecule has 0 fully saturated rings. The number of phenolic OH excluding ortho intramolecular Hbond substituents is 1. The van der Waals surface area contributed by atoms with E-state index in [-0.39, 0.29) is 30.5 Å². The number of ketones is 1. The smallest absolute Gasteiger partial charge is 0.315 e. The normalized spacial score (nSPS) is 22.1. The number of allylic oxidation sites excluding steroid dienone is 2. The van der Waals surface area contributed by atoms with Gasteiger partial charge in [-0.2, -0.15) is 0 Å². The molecular formula is C27H29NO6. The molecule has 0 amide bonds. The minimum Gasteiger partial charge on any atom is -0.508 e. The molecule has 1 N–H and O–H groups in total. The van der Waals surface area contributed by atoms with Crippen LogP contribution in [0.2, 0.25) is 0 Å². The molecule has 0 saturated heterocycles. The van der Waals surface area contributed by atoms with Gasteiger partial charge in [0.05, 0.1) is 20.8 Å². The van der Waals surface area contributed by atoms with Gasteiger partial charge in [-0.15, -0.1) is 0 Å². The molecule has 2 aromatic carbocycles. The van der Waals surface area contributed by atoms with Crippen LogP contribution in [0.15, 0.2) is 58.7 Å². The van der Waals surface area contributed by atoms with E-state index < -0.39 is 17.8 Å². The molecule has 1 unspecified atom stereocenters. The highest BCUT2D eigenvalue weighted by molar-refractivity contribution is 6.09. The van der Waals surface area contributed by atoms with E-state index in [1.54, 1.807) is 46.3 Å². The van der Waals surface area contributed by atoms with Gasteiger partial charge in [-0.1, -0.05) is 18.2 Å². The van der Waals surface area contributed by atoms with Crippen molar-refractivity contribution in [1.82, 2.24) is 0 Å². The van der Waals surface area contributed by atoms with Crippen LogP contribution in [-0.4, -0.2) is 43.4 Å². The summed E-state index contributed by atoms with van der Waals surface area (Å²) in [7, 11) is 3.16. The zero-order valence-corrected chi connectivity index (χ0v) is 19.8. The maximum Gasteiger partial charge on any atom is 0.315 e. The number of hydrogen-bond donors (Lipinski definition) is 1. The van der Waals surface area contributed by atoms with Gasteiger partial charge in [0.25, 0.3) is 0 Å². The van der Waals surface area contributed by atoms with Crippen LogP contribution in [0.5, 0.6) is 17.2 Å². The number of nitrogens with zero attached hydrogens (tertiary/aromatic N) is 1. The number of carbonyl (C=O) groups is 2. The maximum atomic E-state index is 13.6. The number of hydrogen-bond acceptors (Lipinski definition) is 7. The van der Waals surface area contributed by atoms with Gasteiger partial charge in [0.2, 0.25) is 0 Å². The van der Waals surface area contributed by atoms with Gasteiger partial charge >= 0.3 is 5.97 Å². The average molecular weight is 464 g/mol. The molecule has 1 aliphatic heterocycles. The molecular weight excluding hydrogens is 434 g/mol. The van der Waals surface area contributed by atoms with Gasteiger partial charge in [0, 0.05) is 29.3 Å². The predicted molar refractivity (Wildman–Crippen MR) is 128 cm³/mol. The largest absolute Gasteiger partial charge is 0.508 e. The number of aliphatic imine (C=N–C) groups is 1. The lowest BCUT2D eigenvalue weighted by molar-refractivity contribution is -0.146. The van der Waals surface area contributed by atoms with E-state index >= 15 is 0 Å². The summed E-state index contributed by atoms with van der Waals surface area (Å²) in [6.45, 7) is 3.78. The maximum absolute atomic E-state index is 13.6. The number of carbonyl (C=O) groups excluding carboxylic acids is 2. The van der Waals surface area contributed by atoms with Crippen molar-refractivity contribution in [3.05, 3.63) is 64.9 Å². The first-order valence-electron chi connectivity index (χ1n) is 11.4. The first-order valence-corrected chi connectivity index (χ1v) is 11.4. The van der Waals surface area contributed by atoms with Gasteiger partial charge in [-0.05, 0) is 61.6 Å². The number of rotatable bonds is 6. The Morgan fingerprint density at radius 3 is 2.50 bits per heavy atom. The van der Waals surface area contributed by atoms with Crippen molar-refractivity contribution in [2.24, 2.45) is 10.9 Å². The fourth-order valence-corrected chi connectivity index (χ4v) is 5.02. The molecule has 0 saturated carbocycles. The number of methoxy groups -OCH3 is 2. The Morgan fingerprint density at radius 1 is 1.06 bits per heavy atom. The highest BCUT2D eigenvalue weighted by Crippen LogP contribution is 2.47. The van der Waals surface area contributed by atoms with Crippen molar-refractivity contribution in [3.8, 4) is 17.2 Å². The van der Waals surface area contributed by atoms with E-state index in [4.69, 9.17) is 19.2 Å². The molecule has 7 nitrogen and oxygen atoms in total. The van der Waals surface area contributed by atoms with Crippen LogP contribution in [0.25, 0.3) is 0 Å². The lowest BCUT2D eigenvalue weighted by Crippen LogP contribution is -2.38. The topological polar surface area (TPSA) is 94.4 Å². The molecule has 1 aliphatic carbocycles. The molecule has 34 heavy (non-hydrogen) atoms. The summed E-state index contributed by atoms with van der Waals surface area (Å²) >= 11 is 0. The molecule has 0 bridgehead atoms. The summed E-state index contributed by atoms with van der Waals surface area (Å²) in [5.74, 6) is -0.518. The second-order valence-electron chi connectivity index (χ2n) is 8.56. The number of aromatic hydroxyl groups is 1. The number of esters is 1. The van der Waals surface area contributed by atoms with Crippen LogP contribution in [0.3, 0.4) is 0 Å². The molecule has 178 valence electrons. The Labute approximate surface area is 199 Å². The van der Waals surface area contributed by atoms with E-state index in [2.05, 4.69) is 0 Å². The summed E-state index contributed by atoms with van der Waals surface area (Å²) in [5, 5.41) is 10.1. The fraction of sp³-hybridized carbons (Fsp3) is 0.370. The highest BCUT2D eigenvalue weighted by Gasteiger charge is 2.44. The van der Waals surface area contributed by atoms with Gasteiger partial charge in [-0.25, -0.2) is 0 Å². The quantitative estimate of drug-likeness (QED) is 0.632. The Bertz CT molecular complexity index is 1180. The fourth-order valence-electron chi connectivity index (χ4n) is 5.02. The van der Waals surface area contributed by atoms with Crippen molar-refractivity contribution >= 4 is 17.5 Å². The standard InChI is InChI=1S/C27H29NO6/c1-5-34-27(31)24-15(2)28-20-12-18(16-9-10-22(32-3)23(14-16)33-4)13-21(30)26(20)25(24)17-7-6-8-19(29)11-17/h6-11,14,18,24-25,29H,5,12-13H2,1-4H3/t18-,24?,25-/m0/s1. The lowest BCUT2D eigenvalue weighted by atomic mass is 9.69. The molecule has 1 heterocycles. The molecule has 0 aromatic heterocycles. The van der Waals surface area contributed by atoms with Crippen molar-refractivity contribution in [2.45, 2.75) is 38.5 Å². The van der Waals surface area contributed by atoms with Gasteiger partial charge in [-0.3, -0.25) is 14.6 Å². The summed E-state index contributed by atoms with van der Waals surface area (Å²) in [4.78, 5) is 31.3. The lowest BCUT2D eigenvalue weighted by Gasteiger charge is -2.36. The summed E-state index contributed by atoms with van der Waals surface area (Å²) in [6, 6.07) is 12.4. The van der Waals surface area contributed by atoms with Crippen LogP contribution in [0, 0.1) is 5.92 Å². The Balaban J connectivity index is 1.78. The van der Waals surface area contributed by atoms with Crippen molar-refractivity contribution in [2.75, 3.05) is 20.8 Å². The second-order valence-corrected chi connectivity index (χ2v) is 8.56. The number of Topliss-reactive ketones (excluding diaryl/α,β-unsaturated/α-hetero) is 1. The summed E-state index contributed by atoms with van der Waals surface area (Å²) in [5.41, 5.74) is 3.48. The first kappa shape index (κ1) is 23.5. The van der Waals surface area contributed by atoms with Crippen LogP contribution >= 0.6 is 0 Å². The third kappa shape index (κ3) is 4.30. The number of benzene rings is 2. The van der Waals surface area contributed by atoms with E-state index in [1.165, 1.54) is 0 Å². The summed E-state index contributed by atoms with van der Waals surface area (Å²) in [6.07, 6.45) is 0.840. The van der Waals surface area contributed by atoms with Gasteiger partial charge in [0.15, 0.2) is 17.3 Å². The summed E-state index contributed by atoms with van der Waals surface area (Å²) < 4.78 is 16.1. The molecule has 0 spiro atoms. The third-order valence-corrected chi connectivity index (χ3v) is 6.54. The minimum absolute atomic E-state index is 0.0556. The molecule has 0 radical (unpaired) electrons. The minimum atomic E-state index is -0.720. The van der Waals surface area contributed by atoms with Crippen molar-refractivity contribution in [1.29, 1.82) is 0 Å². The Morgan fingerprint density at radius 2 is 1.82 bits per heavy atom. The van der Waals surface area contributed by atoms with Gasteiger partial charge < -0.3 is 19.3 Å². The van der Waals surface area contributed by atoms with Crippen LogP contribution in [-0.2, 0) is 14.3 Å². The third-order valence-electron chi connectivity index (χ3n) is 6.54. The highest BCUT2D eigenvalue weighted by atomic mass is 16.5. The predicted octanol–water partition coefficient (Wildman–Crippen LogP) is 4.55. The van der Waals surface area contributed by atoms with Gasteiger partial charge in [0.1, 0.15) is 11.7 Å². The zero-order valence-electron chi connectivity index (χ0n) is 19.8. The first-order chi connectivity index (χ1) is 16.4. The Kier molecular flexibility index (Phi) is 6.72. The van der Waals surface area contributed by atoms with Crippen LogP contribution in [0.4, 0.5) is 0 Å². The van der Waals surface area contributed by atoms with Crippen molar-refractivity contribution in [3.63, 3.8) is 0 Å². The van der Waals surface area contributed by atoms with Crippen molar-refractivity contribution < 1.29 is 28.9 Å². The molecule has 7 heteroatoms. The Hall–Kier alpha value is -3.61. The van der Waals surface area contributed by atoms with E-state index in [9.17, 15) is 14.7 Å².